The van der Waals surface area contributed by atoms with Crippen molar-refractivity contribution in [3.05, 3.63) is 27.9 Å². The molecule has 0 aromatic carbocycles. The van der Waals surface area contributed by atoms with Crippen LogP contribution in [0.4, 0.5) is 11.5 Å². The first-order valence-corrected chi connectivity index (χ1v) is 6.51. The van der Waals surface area contributed by atoms with E-state index in [-0.39, 0.29) is 29.0 Å². The number of aromatic carboxylic acids is 1. The van der Waals surface area contributed by atoms with Crippen molar-refractivity contribution in [3.8, 4) is 0 Å². The predicted octanol–water partition coefficient (Wildman–Crippen LogP) is 1.69. The summed E-state index contributed by atoms with van der Waals surface area (Å²) < 4.78 is 0. The molecule has 116 valence electrons. The highest BCUT2D eigenvalue weighted by atomic mass is 16.6. The van der Waals surface area contributed by atoms with Gasteiger partial charge in [-0.3, -0.25) is 10.1 Å². The highest BCUT2D eigenvalue weighted by molar-refractivity contribution is 5.93. The molecule has 0 spiro atoms. The van der Waals surface area contributed by atoms with Crippen LogP contribution in [0.15, 0.2) is 12.3 Å². The summed E-state index contributed by atoms with van der Waals surface area (Å²) in [6.45, 7) is 4.70. The highest BCUT2D eigenvalue weighted by Gasteiger charge is 2.21. The minimum absolute atomic E-state index is 0.0212. The zero-order valence-electron chi connectivity index (χ0n) is 12.5. The highest BCUT2D eigenvalue weighted by Crippen LogP contribution is 2.21. The Morgan fingerprint density at radius 2 is 2.14 bits per heavy atom. The van der Waals surface area contributed by atoms with Crippen molar-refractivity contribution in [1.29, 1.82) is 0 Å². The Bertz CT molecular complexity index is 531. The molecule has 0 aliphatic heterocycles. The van der Waals surface area contributed by atoms with Crippen molar-refractivity contribution >= 4 is 17.5 Å². The van der Waals surface area contributed by atoms with E-state index >= 15 is 0 Å². The van der Waals surface area contributed by atoms with Gasteiger partial charge < -0.3 is 15.3 Å². The van der Waals surface area contributed by atoms with Crippen LogP contribution in [0.25, 0.3) is 0 Å². The lowest BCUT2D eigenvalue weighted by Crippen LogP contribution is -2.37. The minimum atomic E-state index is -1.25. The van der Waals surface area contributed by atoms with E-state index in [9.17, 15) is 20.0 Å². The van der Waals surface area contributed by atoms with Gasteiger partial charge in [0.1, 0.15) is 17.6 Å². The fourth-order valence-corrected chi connectivity index (χ4v) is 1.82. The summed E-state index contributed by atoms with van der Waals surface area (Å²) in [5, 5.41) is 23.0. The SMILES string of the molecule is CC(C)C(CN(C)C)Nc1ncc([N+](=O)[O-])cc1C(=O)O. The zero-order valence-corrected chi connectivity index (χ0v) is 12.5. The third-order valence-electron chi connectivity index (χ3n) is 3.00. The van der Waals surface area contributed by atoms with Crippen LogP contribution in [0.5, 0.6) is 0 Å². The number of carbonyl (C=O) groups is 1. The van der Waals surface area contributed by atoms with E-state index in [1.54, 1.807) is 0 Å². The van der Waals surface area contributed by atoms with Crippen molar-refractivity contribution < 1.29 is 14.8 Å². The van der Waals surface area contributed by atoms with E-state index in [0.717, 1.165) is 12.3 Å². The Kier molecular flexibility index (Phi) is 5.60. The van der Waals surface area contributed by atoms with Gasteiger partial charge in [0.15, 0.2) is 0 Å². The van der Waals surface area contributed by atoms with E-state index < -0.39 is 10.9 Å². The molecule has 0 fully saturated rings. The first-order chi connectivity index (χ1) is 9.72. The van der Waals surface area contributed by atoms with Gasteiger partial charge in [0.25, 0.3) is 5.69 Å². The molecule has 1 rings (SSSR count). The van der Waals surface area contributed by atoms with Crippen molar-refractivity contribution in [2.24, 2.45) is 5.92 Å². The lowest BCUT2D eigenvalue weighted by atomic mass is 10.0. The maximum absolute atomic E-state index is 11.3. The second-order valence-corrected chi connectivity index (χ2v) is 5.41. The molecule has 0 saturated heterocycles. The van der Waals surface area contributed by atoms with E-state index in [1.807, 2.05) is 32.8 Å². The summed E-state index contributed by atoms with van der Waals surface area (Å²) in [5.41, 5.74) is -0.541. The predicted molar refractivity (Wildman–Crippen MR) is 78.7 cm³/mol. The smallest absolute Gasteiger partial charge is 0.339 e. The maximum atomic E-state index is 11.3. The molecule has 1 aromatic rings. The summed E-state index contributed by atoms with van der Waals surface area (Å²) in [6.07, 6.45) is 1.06. The van der Waals surface area contributed by atoms with Gasteiger partial charge >= 0.3 is 5.97 Å². The van der Waals surface area contributed by atoms with E-state index in [4.69, 9.17) is 0 Å². The van der Waals surface area contributed by atoms with Crippen LogP contribution < -0.4 is 5.32 Å². The van der Waals surface area contributed by atoms with Gasteiger partial charge in [-0.1, -0.05) is 13.8 Å². The summed E-state index contributed by atoms with van der Waals surface area (Å²) in [6, 6.07) is 0.997. The number of hydrogen-bond acceptors (Lipinski definition) is 6. The molecule has 21 heavy (non-hydrogen) atoms. The molecule has 0 saturated carbocycles. The Morgan fingerprint density at radius 1 is 1.52 bits per heavy atom. The molecule has 0 radical (unpaired) electrons. The van der Waals surface area contributed by atoms with Crippen LogP contribution in [0, 0.1) is 16.0 Å². The minimum Gasteiger partial charge on any atom is -0.478 e. The van der Waals surface area contributed by atoms with E-state index in [1.165, 1.54) is 0 Å². The van der Waals surface area contributed by atoms with Crippen LogP contribution in [-0.4, -0.2) is 52.6 Å². The first kappa shape index (κ1) is 16.8. The molecule has 0 bridgehead atoms. The largest absolute Gasteiger partial charge is 0.478 e. The van der Waals surface area contributed by atoms with Crippen molar-refractivity contribution in [1.82, 2.24) is 9.88 Å². The lowest BCUT2D eigenvalue weighted by molar-refractivity contribution is -0.385. The summed E-state index contributed by atoms with van der Waals surface area (Å²) in [4.78, 5) is 27.2. The number of carboxylic acids is 1. The van der Waals surface area contributed by atoms with Crippen molar-refractivity contribution in [2.45, 2.75) is 19.9 Å². The van der Waals surface area contributed by atoms with Gasteiger partial charge in [-0.05, 0) is 20.0 Å². The molecule has 0 aliphatic carbocycles. The molecule has 8 nitrogen and oxygen atoms in total. The van der Waals surface area contributed by atoms with Crippen molar-refractivity contribution in [3.63, 3.8) is 0 Å². The fraction of sp³-hybridized carbons (Fsp3) is 0.538. The van der Waals surface area contributed by atoms with Crippen LogP contribution >= 0.6 is 0 Å². The third-order valence-corrected chi connectivity index (χ3v) is 3.00. The van der Waals surface area contributed by atoms with Gasteiger partial charge in [0.05, 0.1) is 4.92 Å². The number of nitrogens with one attached hydrogen (secondary N) is 1. The van der Waals surface area contributed by atoms with Gasteiger partial charge in [-0.25, -0.2) is 9.78 Å². The van der Waals surface area contributed by atoms with E-state index in [2.05, 4.69) is 10.3 Å². The summed E-state index contributed by atoms with van der Waals surface area (Å²) in [5.74, 6) is -0.860. The van der Waals surface area contributed by atoms with Gasteiger partial charge in [0.2, 0.25) is 0 Å². The second kappa shape index (κ2) is 6.98. The molecular weight excluding hydrogens is 276 g/mol. The van der Waals surface area contributed by atoms with Crippen LogP contribution in [0.1, 0.15) is 24.2 Å². The van der Waals surface area contributed by atoms with E-state index in [0.29, 0.717) is 6.54 Å². The molecule has 8 heteroatoms. The number of hydrogen-bond donors (Lipinski definition) is 2. The number of nitrogens with zero attached hydrogens (tertiary/aromatic N) is 3. The van der Waals surface area contributed by atoms with Gasteiger partial charge in [-0.2, -0.15) is 0 Å². The standard InChI is InChI=1S/C13H20N4O4/c1-8(2)11(7-16(3)4)15-12-10(13(18)19)5-9(6-14-12)17(20)21/h5-6,8,11H,7H2,1-4H3,(H,14,15)(H,18,19). The monoisotopic (exact) mass is 296 g/mol. The number of aromatic nitrogens is 1. The Hall–Kier alpha value is -2.22. The summed E-state index contributed by atoms with van der Waals surface area (Å²) in [7, 11) is 3.83. The Labute approximate surface area is 122 Å². The van der Waals surface area contributed by atoms with Crippen molar-refractivity contribution in [2.75, 3.05) is 26.0 Å². The Balaban J connectivity index is 3.11. The van der Waals surface area contributed by atoms with Crippen LogP contribution in [0.2, 0.25) is 0 Å². The molecule has 0 amide bonds. The number of pyridine rings is 1. The molecule has 0 aliphatic rings. The molecule has 1 aromatic heterocycles. The molecule has 1 atom stereocenters. The molecular formula is C13H20N4O4. The fourth-order valence-electron chi connectivity index (χ4n) is 1.82. The average Bonchev–Trinajstić information content (AvgIpc) is 2.37. The van der Waals surface area contributed by atoms with Gasteiger partial charge in [-0.15, -0.1) is 0 Å². The summed E-state index contributed by atoms with van der Waals surface area (Å²) >= 11 is 0. The average molecular weight is 296 g/mol. The third kappa shape index (κ3) is 4.67. The van der Waals surface area contributed by atoms with Crippen LogP contribution in [-0.2, 0) is 0 Å². The first-order valence-electron chi connectivity index (χ1n) is 6.51. The molecule has 2 N–H and O–H groups in total. The number of carboxylic acid groups (broad SMARTS) is 1. The number of nitro groups is 1. The number of anilines is 1. The number of rotatable bonds is 7. The maximum Gasteiger partial charge on any atom is 0.339 e. The second-order valence-electron chi connectivity index (χ2n) is 5.41. The zero-order chi connectivity index (χ0) is 16.2. The lowest BCUT2D eigenvalue weighted by Gasteiger charge is -2.26. The molecule has 1 unspecified atom stereocenters. The number of likely N-dealkylation sites (N-methyl/N-ethyl adjacent to an activating group) is 1. The topological polar surface area (TPSA) is 109 Å². The quantitative estimate of drug-likeness (QED) is 0.582. The van der Waals surface area contributed by atoms with Crippen LogP contribution in [0.3, 0.4) is 0 Å². The molecule has 1 heterocycles. The Morgan fingerprint density at radius 3 is 2.57 bits per heavy atom. The normalized spacial score (nSPS) is 12.5. The van der Waals surface area contributed by atoms with Gasteiger partial charge in [0, 0.05) is 18.7 Å².